The summed E-state index contributed by atoms with van der Waals surface area (Å²) in [5, 5.41) is 13.5. The minimum Gasteiger partial charge on any atom is -0.462 e. The Kier molecular flexibility index (Phi) is 8.38. The number of nitro groups is 1. The number of imide groups is 1. The predicted octanol–water partition coefficient (Wildman–Crippen LogP) is 6.01. The Bertz CT molecular complexity index is 1550. The van der Waals surface area contributed by atoms with E-state index in [1.165, 1.54) is 54.6 Å². The fourth-order valence-electron chi connectivity index (χ4n) is 3.52. The van der Waals surface area contributed by atoms with Crippen molar-refractivity contribution in [3.8, 4) is 11.3 Å². The van der Waals surface area contributed by atoms with Gasteiger partial charge < -0.3 is 14.5 Å². The molecule has 0 aliphatic carbocycles. The lowest BCUT2D eigenvalue weighted by atomic mass is 10.1. The van der Waals surface area contributed by atoms with E-state index in [0.717, 1.165) is 4.90 Å². The van der Waals surface area contributed by atoms with Gasteiger partial charge in [0.2, 0.25) is 5.91 Å². The Labute approximate surface area is 234 Å². The molecular formula is C25H17Cl2N3O8S. The van der Waals surface area contributed by atoms with Crippen molar-refractivity contribution in [3.63, 3.8) is 0 Å². The van der Waals surface area contributed by atoms with Gasteiger partial charge in [0.15, 0.2) is 0 Å². The molecule has 14 heteroatoms. The number of benzene rings is 2. The minimum atomic E-state index is -0.723. The van der Waals surface area contributed by atoms with Crippen molar-refractivity contribution in [1.82, 2.24) is 4.90 Å². The molecule has 1 aliphatic rings. The molecule has 39 heavy (non-hydrogen) atoms. The summed E-state index contributed by atoms with van der Waals surface area (Å²) in [7, 11) is 0. The highest BCUT2D eigenvalue weighted by Gasteiger charge is 2.36. The number of halogens is 2. The lowest BCUT2D eigenvalue weighted by Crippen LogP contribution is -2.36. The monoisotopic (exact) mass is 589 g/mol. The number of nitrogens with one attached hydrogen (secondary N) is 1. The summed E-state index contributed by atoms with van der Waals surface area (Å²) >= 11 is 12.5. The molecule has 2 aromatic carbocycles. The molecule has 200 valence electrons. The number of esters is 1. The number of anilines is 1. The fraction of sp³-hybridized carbons (Fsp3) is 0.120. The van der Waals surface area contributed by atoms with Gasteiger partial charge in [-0.2, -0.15) is 0 Å². The van der Waals surface area contributed by atoms with Crippen LogP contribution in [-0.4, -0.2) is 46.0 Å². The number of thioether (sulfide) groups is 1. The van der Waals surface area contributed by atoms with E-state index in [-0.39, 0.29) is 55.6 Å². The maximum Gasteiger partial charge on any atom is 0.339 e. The van der Waals surface area contributed by atoms with Crippen LogP contribution in [0.15, 0.2) is 57.9 Å². The minimum absolute atomic E-state index is 0.00426. The number of carbonyl (C=O) groups excluding carboxylic acids is 4. The van der Waals surface area contributed by atoms with Gasteiger partial charge in [-0.3, -0.25) is 29.4 Å². The van der Waals surface area contributed by atoms with Crippen LogP contribution in [0.1, 0.15) is 23.0 Å². The Hall–Kier alpha value is -4.13. The molecule has 0 spiro atoms. The van der Waals surface area contributed by atoms with Crippen LogP contribution in [0, 0.1) is 10.1 Å². The quantitative estimate of drug-likeness (QED) is 0.144. The summed E-state index contributed by atoms with van der Waals surface area (Å²) in [5.74, 6) is -1.75. The molecule has 3 amide bonds. The normalized spacial score (nSPS) is 14.1. The highest BCUT2D eigenvalue weighted by atomic mass is 35.5. The van der Waals surface area contributed by atoms with Crippen LogP contribution in [0.3, 0.4) is 0 Å². The SMILES string of the molecule is CCOC(=O)c1cc(NC(=O)CN2C(=O)S/C(=C/c3ccc(-c4ccc(Cl)cc4[N+](=O)[O-])o3)C2=O)ccc1Cl. The predicted molar refractivity (Wildman–Crippen MR) is 145 cm³/mol. The third-order valence-electron chi connectivity index (χ3n) is 5.24. The number of nitrogens with zero attached hydrogens (tertiary/aromatic N) is 2. The molecule has 0 unspecified atom stereocenters. The number of furan rings is 1. The smallest absolute Gasteiger partial charge is 0.339 e. The molecule has 0 radical (unpaired) electrons. The molecule has 11 nitrogen and oxygen atoms in total. The van der Waals surface area contributed by atoms with Gasteiger partial charge in [-0.25, -0.2) is 4.79 Å². The summed E-state index contributed by atoms with van der Waals surface area (Å²) in [4.78, 5) is 61.4. The molecule has 1 aromatic heterocycles. The summed E-state index contributed by atoms with van der Waals surface area (Å²) in [6.45, 7) is 1.19. The molecule has 1 N–H and O–H groups in total. The van der Waals surface area contributed by atoms with Gasteiger partial charge in [-0.15, -0.1) is 0 Å². The van der Waals surface area contributed by atoms with Crippen molar-refractivity contribution in [1.29, 1.82) is 0 Å². The number of amides is 3. The van der Waals surface area contributed by atoms with E-state index < -0.39 is 34.5 Å². The van der Waals surface area contributed by atoms with Crippen LogP contribution in [0.5, 0.6) is 0 Å². The largest absolute Gasteiger partial charge is 0.462 e. The Morgan fingerprint density at radius 1 is 1.15 bits per heavy atom. The van der Waals surface area contributed by atoms with Gasteiger partial charge in [0.25, 0.3) is 16.8 Å². The van der Waals surface area contributed by atoms with Crippen molar-refractivity contribution in [3.05, 3.63) is 84.9 Å². The summed E-state index contributed by atoms with van der Waals surface area (Å²) in [6.07, 6.45) is 1.30. The standard InChI is InChI=1S/C25H17Cl2N3O8S/c1-2-37-24(33)17-10-14(4-7-18(17)27)28-22(31)12-29-23(32)21(39-25(29)34)11-15-5-8-20(38-15)16-6-3-13(26)9-19(16)30(35)36/h3-11H,2,12H2,1H3,(H,28,31)/b21-11+. The van der Waals surface area contributed by atoms with Gasteiger partial charge in [0.05, 0.1) is 32.6 Å². The van der Waals surface area contributed by atoms with E-state index in [9.17, 15) is 29.3 Å². The molecular weight excluding hydrogens is 573 g/mol. The number of hydrogen-bond donors (Lipinski definition) is 1. The van der Waals surface area contributed by atoms with Crippen LogP contribution in [0.2, 0.25) is 10.0 Å². The van der Waals surface area contributed by atoms with Gasteiger partial charge in [0.1, 0.15) is 18.1 Å². The zero-order chi connectivity index (χ0) is 28.3. The van der Waals surface area contributed by atoms with Gasteiger partial charge >= 0.3 is 5.97 Å². The second kappa shape index (κ2) is 11.7. The van der Waals surface area contributed by atoms with Crippen molar-refractivity contribution in [2.75, 3.05) is 18.5 Å². The zero-order valence-electron chi connectivity index (χ0n) is 19.9. The maximum absolute atomic E-state index is 12.8. The van der Waals surface area contributed by atoms with E-state index in [0.29, 0.717) is 11.8 Å². The van der Waals surface area contributed by atoms with Gasteiger partial charge in [0, 0.05) is 22.9 Å². The van der Waals surface area contributed by atoms with Crippen molar-refractivity contribution >= 4 is 75.4 Å². The van der Waals surface area contributed by atoms with E-state index in [1.54, 1.807) is 6.92 Å². The average Bonchev–Trinajstić information content (AvgIpc) is 3.45. The molecule has 1 aliphatic heterocycles. The van der Waals surface area contributed by atoms with Crippen molar-refractivity contribution < 1.29 is 33.3 Å². The lowest BCUT2D eigenvalue weighted by Gasteiger charge is -2.13. The molecule has 1 saturated heterocycles. The van der Waals surface area contributed by atoms with E-state index in [2.05, 4.69) is 5.32 Å². The molecule has 4 rings (SSSR count). The second-order valence-electron chi connectivity index (χ2n) is 7.85. The summed E-state index contributed by atoms with van der Waals surface area (Å²) in [5.41, 5.74) is 0.188. The third kappa shape index (κ3) is 6.30. The number of rotatable bonds is 8. The van der Waals surface area contributed by atoms with Crippen LogP contribution < -0.4 is 5.32 Å². The topological polar surface area (TPSA) is 149 Å². The Balaban J connectivity index is 1.46. The first-order chi connectivity index (χ1) is 18.6. The third-order valence-corrected chi connectivity index (χ3v) is 6.71. The second-order valence-corrected chi connectivity index (χ2v) is 9.69. The summed E-state index contributed by atoms with van der Waals surface area (Å²) in [6, 6.07) is 11.3. The number of hydrogen-bond acceptors (Lipinski definition) is 9. The van der Waals surface area contributed by atoms with Crippen LogP contribution >= 0.6 is 35.0 Å². The molecule has 3 aromatic rings. The van der Waals surface area contributed by atoms with Crippen molar-refractivity contribution in [2.24, 2.45) is 0 Å². The van der Waals surface area contributed by atoms with Crippen LogP contribution in [0.25, 0.3) is 17.4 Å². The first-order valence-electron chi connectivity index (χ1n) is 11.1. The van der Waals surface area contributed by atoms with E-state index in [4.69, 9.17) is 32.4 Å². The number of nitro benzene ring substituents is 1. The highest BCUT2D eigenvalue weighted by molar-refractivity contribution is 8.18. The first kappa shape index (κ1) is 27.9. The number of carbonyl (C=O) groups is 4. The van der Waals surface area contributed by atoms with Crippen LogP contribution in [-0.2, 0) is 14.3 Å². The van der Waals surface area contributed by atoms with E-state index >= 15 is 0 Å². The first-order valence-corrected chi connectivity index (χ1v) is 12.7. The highest BCUT2D eigenvalue weighted by Crippen LogP contribution is 2.36. The van der Waals surface area contributed by atoms with Crippen LogP contribution in [0.4, 0.5) is 16.2 Å². The Morgan fingerprint density at radius 3 is 2.64 bits per heavy atom. The Morgan fingerprint density at radius 2 is 1.92 bits per heavy atom. The van der Waals surface area contributed by atoms with E-state index in [1.807, 2.05) is 0 Å². The number of ether oxygens (including phenoxy) is 1. The van der Waals surface area contributed by atoms with Crippen molar-refractivity contribution in [2.45, 2.75) is 6.92 Å². The maximum atomic E-state index is 12.8. The zero-order valence-corrected chi connectivity index (χ0v) is 22.3. The molecule has 0 bridgehead atoms. The summed E-state index contributed by atoms with van der Waals surface area (Å²) < 4.78 is 10.6. The molecule has 1 fully saturated rings. The molecule has 2 heterocycles. The molecule has 0 saturated carbocycles. The van der Waals surface area contributed by atoms with Gasteiger partial charge in [-0.05, 0) is 61.2 Å². The average molecular weight is 590 g/mol. The molecule has 0 atom stereocenters. The van der Waals surface area contributed by atoms with Gasteiger partial charge in [-0.1, -0.05) is 23.2 Å². The lowest BCUT2D eigenvalue weighted by molar-refractivity contribution is -0.384. The fourth-order valence-corrected chi connectivity index (χ4v) is 4.70.